The van der Waals surface area contributed by atoms with Crippen molar-refractivity contribution in [2.75, 3.05) is 38.0 Å². The highest BCUT2D eigenvalue weighted by atomic mass is 35.5. The largest absolute Gasteiger partial charge is 0.490 e. The van der Waals surface area contributed by atoms with Crippen molar-refractivity contribution in [3.8, 4) is 5.75 Å². The van der Waals surface area contributed by atoms with Gasteiger partial charge in [0.1, 0.15) is 5.75 Å². The van der Waals surface area contributed by atoms with Gasteiger partial charge in [-0.15, -0.1) is 0 Å². The van der Waals surface area contributed by atoms with Crippen LogP contribution in [0, 0.1) is 17.8 Å². The molecule has 0 N–H and O–H groups in total. The summed E-state index contributed by atoms with van der Waals surface area (Å²) in [6, 6.07) is 12.0. The molecule has 50 heavy (non-hydrogen) atoms. The first kappa shape index (κ1) is 37.6. The number of carbonyl (C=O) groups is 1. The van der Waals surface area contributed by atoms with Crippen molar-refractivity contribution in [1.29, 1.82) is 0 Å². The van der Waals surface area contributed by atoms with Crippen molar-refractivity contribution in [3.63, 3.8) is 0 Å². The lowest BCUT2D eigenvalue weighted by molar-refractivity contribution is -0.0368. The van der Waals surface area contributed by atoms with Gasteiger partial charge in [0.05, 0.1) is 43.4 Å². The van der Waals surface area contributed by atoms with Gasteiger partial charge >= 0.3 is 5.97 Å². The average molecular weight is 746 g/mol. The summed E-state index contributed by atoms with van der Waals surface area (Å²) in [5.41, 5.74) is 3.81. The van der Waals surface area contributed by atoms with E-state index in [9.17, 15) is 13.2 Å². The van der Waals surface area contributed by atoms with Crippen molar-refractivity contribution < 1.29 is 31.3 Å². The van der Waals surface area contributed by atoms with Gasteiger partial charge in [0.25, 0.3) is 10.1 Å². The Morgan fingerprint density at radius 1 is 1.10 bits per heavy atom. The first-order valence-electron chi connectivity index (χ1n) is 18.4. The number of rotatable bonds is 9. The first-order chi connectivity index (χ1) is 23.5. The SMILES string of the molecule is COC(=O)c1ccc2c(c1)N(C[C@@H]1CC[C@H]1C(O[Si](C)(C)C(C)(C)C)[C@@H]1CCC[C@@H](OS(C)(=O)=O)C1)C[C@@]1(CCCc3cc(Cl)ccc31)CO2. The number of anilines is 1. The number of benzene rings is 2. The van der Waals surface area contributed by atoms with Crippen LogP contribution in [0.2, 0.25) is 23.2 Å². The molecule has 8 nitrogen and oxygen atoms in total. The molecule has 1 spiro atoms. The van der Waals surface area contributed by atoms with Crippen LogP contribution < -0.4 is 9.64 Å². The number of ether oxygens (including phenoxy) is 2. The third kappa shape index (κ3) is 7.94. The molecule has 0 radical (unpaired) electrons. The lowest BCUT2D eigenvalue weighted by Crippen LogP contribution is -2.54. The number of hydrogen-bond acceptors (Lipinski definition) is 8. The van der Waals surface area contributed by atoms with E-state index in [4.69, 9.17) is 29.7 Å². The number of carbonyl (C=O) groups excluding carboxylic acids is 1. The number of hydrogen-bond donors (Lipinski definition) is 0. The zero-order valence-electron chi connectivity index (χ0n) is 30.9. The molecule has 0 saturated heterocycles. The smallest absolute Gasteiger partial charge is 0.337 e. The molecule has 4 aliphatic rings. The zero-order chi connectivity index (χ0) is 36.1. The normalized spacial score (nSPS) is 27.7. The third-order valence-corrected chi connectivity index (χ3v) is 17.8. The van der Waals surface area contributed by atoms with E-state index in [0.717, 1.165) is 87.2 Å². The maximum Gasteiger partial charge on any atom is 0.337 e. The Bertz CT molecular complexity index is 1680. The molecule has 1 aliphatic heterocycles. The van der Waals surface area contributed by atoms with Crippen molar-refractivity contribution in [1.82, 2.24) is 0 Å². The predicted octanol–water partition coefficient (Wildman–Crippen LogP) is 8.55. The van der Waals surface area contributed by atoms with Crippen LogP contribution in [0.1, 0.15) is 93.6 Å². The molecule has 0 aromatic heterocycles. The van der Waals surface area contributed by atoms with E-state index in [1.807, 2.05) is 18.2 Å². The Kier molecular flexibility index (Phi) is 10.8. The highest BCUT2D eigenvalue weighted by Crippen LogP contribution is 2.50. The van der Waals surface area contributed by atoms with Crippen LogP contribution in [0.5, 0.6) is 5.75 Å². The van der Waals surface area contributed by atoms with Crippen molar-refractivity contribution in [3.05, 3.63) is 58.1 Å². The number of halogens is 1. The Morgan fingerprint density at radius 3 is 2.56 bits per heavy atom. The number of nitrogens with zero attached hydrogens (tertiary/aromatic N) is 1. The van der Waals surface area contributed by atoms with E-state index in [-0.39, 0.29) is 34.5 Å². The van der Waals surface area contributed by atoms with Gasteiger partial charge in [0.15, 0.2) is 8.32 Å². The fraction of sp³-hybridized carbons (Fsp3) is 0.667. The van der Waals surface area contributed by atoms with E-state index >= 15 is 0 Å². The fourth-order valence-electron chi connectivity index (χ4n) is 8.76. The van der Waals surface area contributed by atoms with Gasteiger partial charge in [-0.25, -0.2) is 4.79 Å². The number of methoxy groups -OCH3 is 1. The second-order valence-corrected chi connectivity index (χ2v) is 23.8. The topological polar surface area (TPSA) is 91.4 Å². The fourth-order valence-corrected chi connectivity index (χ4v) is 11.0. The summed E-state index contributed by atoms with van der Waals surface area (Å²) < 4.78 is 49.1. The highest BCUT2D eigenvalue weighted by molar-refractivity contribution is 7.86. The molecule has 2 saturated carbocycles. The second-order valence-electron chi connectivity index (χ2n) is 17.0. The minimum Gasteiger partial charge on any atom is -0.490 e. The van der Waals surface area contributed by atoms with Gasteiger partial charge in [-0.2, -0.15) is 8.42 Å². The summed E-state index contributed by atoms with van der Waals surface area (Å²) in [4.78, 5) is 15.2. The van der Waals surface area contributed by atoms with Crippen LogP contribution in [-0.4, -0.2) is 68.0 Å². The van der Waals surface area contributed by atoms with E-state index in [1.165, 1.54) is 18.2 Å². The van der Waals surface area contributed by atoms with Gasteiger partial charge in [-0.3, -0.25) is 4.18 Å². The van der Waals surface area contributed by atoms with Gasteiger partial charge in [0, 0.05) is 23.5 Å². The molecule has 6 rings (SSSR count). The van der Waals surface area contributed by atoms with E-state index in [0.29, 0.717) is 30.4 Å². The van der Waals surface area contributed by atoms with Crippen LogP contribution in [0.25, 0.3) is 0 Å². The molecule has 1 heterocycles. The minimum atomic E-state index is -3.54. The Hall–Kier alpha value is -2.11. The Morgan fingerprint density at radius 2 is 1.88 bits per heavy atom. The predicted molar refractivity (Wildman–Crippen MR) is 202 cm³/mol. The summed E-state index contributed by atoms with van der Waals surface area (Å²) in [7, 11) is -4.30. The van der Waals surface area contributed by atoms with Crippen LogP contribution in [0.4, 0.5) is 5.69 Å². The van der Waals surface area contributed by atoms with Crippen LogP contribution in [-0.2, 0) is 35.3 Å². The van der Waals surface area contributed by atoms with Crippen LogP contribution >= 0.6 is 11.6 Å². The standard InChI is InChI=1S/C39H56ClNO7SSi/c1-38(2,3)50(6,7)48-36(27-10-8-12-31(21-27)47-49(5,43)44)32-16-13-29(32)23-41-24-39(19-9-11-26-20-30(40)15-17-33(26)39)25-46-35-18-14-28(22-34(35)41)37(42)45-4/h14-15,17-18,20,22,27,29,31-32,36H,8-13,16,19,21,23-25H2,1-7H3/t27-,29+,31-,32-,36?,39+/m1/s1. The molecule has 0 amide bonds. The monoisotopic (exact) mass is 745 g/mol. The van der Waals surface area contributed by atoms with Gasteiger partial charge in [0.2, 0.25) is 0 Å². The highest BCUT2D eigenvalue weighted by Gasteiger charge is 2.49. The van der Waals surface area contributed by atoms with Crippen LogP contribution in [0.15, 0.2) is 36.4 Å². The molecule has 1 unspecified atom stereocenters. The average Bonchev–Trinajstić information content (AvgIpc) is 3.17. The summed E-state index contributed by atoms with van der Waals surface area (Å²) in [5, 5.41) is 0.798. The summed E-state index contributed by atoms with van der Waals surface area (Å²) >= 11 is 6.49. The third-order valence-electron chi connectivity index (χ3n) is 12.5. The zero-order valence-corrected chi connectivity index (χ0v) is 33.5. The molecule has 3 aliphatic carbocycles. The quantitative estimate of drug-likeness (QED) is 0.143. The first-order valence-corrected chi connectivity index (χ1v) is 23.5. The molecular weight excluding hydrogens is 690 g/mol. The number of aryl methyl sites for hydroxylation is 1. The second kappa shape index (κ2) is 14.4. The molecule has 276 valence electrons. The van der Waals surface area contributed by atoms with Crippen molar-refractivity contribution in [2.24, 2.45) is 17.8 Å². The molecular formula is C39H56ClNO7SSi. The maximum absolute atomic E-state index is 12.8. The molecule has 2 aromatic rings. The van der Waals surface area contributed by atoms with Crippen molar-refractivity contribution in [2.45, 2.75) is 114 Å². The van der Waals surface area contributed by atoms with E-state index in [2.05, 4.69) is 50.9 Å². The Balaban J connectivity index is 1.34. The van der Waals surface area contributed by atoms with Crippen LogP contribution in [0.3, 0.4) is 0 Å². The van der Waals surface area contributed by atoms with Gasteiger partial charge in [-0.1, -0.05) is 44.9 Å². The van der Waals surface area contributed by atoms with Gasteiger partial charge < -0.3 is 18.8 Å². The lowest BCUT2D eigenvalue weighted by atomic mass is 9.65. The van der Waals surface area contributed by atoms with E-state index in [1.54, 1.807) is 6.07 Å². The molecule has 2 aromatic carbocycles. The van der Waals surface area contributed by atoms with Crippen molar-refractivity contribution >= 4 is 41.7 Å². The number of fused-ring (bicyclic) bond motifs is 3. The Labute approximate surface area is 305 Å². The summed E-state index contributed by atoms with van der Waals surface area (Å²) in [5.74, 6) is 1.34. The van der Waals surface area contributed by atoms with Gasteiger partial charge in [-0.05, 0) is 129 Å². The summed E-state index contributed by atoms with van der Waals surface area (Å²) in [6.07, 6.45) is 9.48. The number of esters is 1. The molecule has 0 bridgehead atoms. The molecule has 11 heteroatoms. The minimum absolute atomic E-state index is 0.0243. The summed E-state index contributed by atoms with van der Waals surface area (Å²) in [6.45, 7) is 13.6. The maximum atomic E-state index is 12.8. The molecule has 6 atom stereocenters. The lowest BCUT2D eigenvalue weighted by Gasteiger charge is -2.52. The van der Waals surface area contributed by atoms with E-state index < -0.39 is 18.4 Å². The molecule has 2 fully saturated rings.